The first kappa shape index (κ1) is 9.47. The normalized spacial score (nSPS) is 32.3. The van der Waals surface area contributed by atoms with Crippen molar-refractivity contribution < 1.29 is 0 Å². The van der Waals surface area contributed by atoms with Crippen LogP contribution in [0.4, 0.5) is 0 Å². The molecule has 2 heteroatoms. The van der Waals surface area contributed by atoms with E-state index in [9.17, 15) is 0 Å². The molecule has 0 radical (unpaired) electrons. The Kier molecular flexibility index (Phi) is 2.61. The van der Waals surface area contributed by atoms with Gasteiger partial charge >= 0.3 is 0 Å². The predicted molar refractivity (Wildman–Crippen MR) is 55.8 cm³/mol. The van der Waals surface area contributed by atoms with Crippen LogP contribution in [-0.4, -0.2) is 38.1 Å². The van der Waals surface area contributed by atoms with Crippen molar-refractivity contribution in [3.05, 3.63) is 0 Å². The molecule has 0 bridgehead atoms. The van der Waals surface area contributed by atoms with Gasteiger partial charge in [-0.25, -0.2) is 0 Å². The van der Waals surface area contributed by atoms with Crippen LogP contribution in [0.1, 0.15) is 26.2 Å². The van der Waals surface area contributed by atoms with Crippen LogP contribution in [0.25, 0.3) is 0 Å². The Bertz CT molecular complexity index is 175. The maximum absolute atomic E-state index is 3.28. The minimum atomic E-state index is 0.703. The van der Waals surface area contributed by atoms with Gasteiger partial charge in [0.2, 0.25) is 0 Å². The van der Waals surface area contributed by atoms with Crippen molar-refractivity contribution in [3.63, 3.8) is 0 Å². The van der Waals surface area contributed by atoms with Gasteiger partial charge in [0.1, 0.15) is 0 Å². The number of rotatable bonds is 4. The molecule has 0 aromatic rings. The zero-order chi connectivity index (χ0) is 9.31. The van der Waals surface area contributed by atoms with Crippen molar-refractivity contribution in [1.82, 2.24) is 10.2 Å². The lowest BCUT2D eigenvalue weighted by atomic mass is 10.1. The van der Waals surface area contributed by atoms with Gasteiger partial charge in [-0.05, 0) is 50.7 Å². The fourth-order valence-electron chi connectivity index (χ4n) is 2.42. The number of nitrogens with one attached hydrogen (secondary N) is 1. The van der Waals surface area contributed by atoms with Crippen LogP contribution in [0.2, 0.25) is 0 Å². The summed E-state index contributed by atoms with van der Waals surface area (Å²) in [4.78, 5) is 2.66. The summed E-state index contributed by atoms with van der Waals surface area (Å²) in [6.07, 6.45) is 4.32. The summed E-state index contributed by atoms with van der Waals surface area (Å²) in [7, 11) is 2.06. The molecule has 0 aromatic carbocycles. The summed E-state index contributed by atoms with van der Waals surface area (Å²) in [6.45, 7) is 7.65. The van der Waals surface area contributed by atoms with Gasteiger partial charge in [-0.3, -0.25) is 0 Å². The largest absolute Gasteiger partial charge is 0.319 e. The molecule has 2 rings (SSSR count). The molecule has 1 saturated heterocycles. The zero-order valence-electron chi connectivity index (χ0n) is 8.97. The molecular formula is C11H22N2. The van der Waals surface area contributed by atoms with E-state index in [0.717, 1.165) is 5.92 Å². The maximum atomic E-state index is 3.28. The average Bonchev–Trinajstić information content (AvgIpc) is 2.61. The molecule has 13 heavy (non-hydrogen) atoms. The first-order valence-corrected chi connectivity index (χ1v) is 5.59. The van der Waals surface area contributed by atoms with Gasteiger partial charge in [0, 0.05) is 13.1 Å². The highest BCUT2D eigenvalue weighted by Gasteiger charge is 2.39. The van der Waals surface area contributed by atoms with Crippen LogP contribution >= 0.6 is 0 Å². The third kappa shape index (κ3) is 2.44. The first-order valence-electron chi connectivity index (χ1n) is 5.59. The molecule has 0 spiro atoms. The van der Waals surface area contributed by atoms with Gasteiger partial charge in [-0.1, -0.05) is 6.92 Å². The lowest BCUT2D eigenvalue weighted by molar-refractivity contribution is 0.266. The number of likely N-dealkylation sites (tertiary alicyclic amines) is 1. The van der Waals surface area contributed by atoms with Crippen molar-refractivity contribution >= 4 is 0 Å². The van der Waals surface area contributed by atoms with Crippen molar-refractivity contribution in [2.45, 2.75) is 26.2 Å². The van der Waals surface area contributed by atoms with Crippen molar-refractivity contribution in [2.24, 2.45) is 11.3 Å². The highest BCUT2D eigenvalue weighted by molar-refractivity contribution is 4.93. The highest BCUT2D eigenvalue weighted by Crippen LogP contribution is 2.46. The Morgan fingerprint density at radius 3 is 2.85 bits per heavy atom. The summed E-state index contributed by atoms with van der Waals surface area (Å²) in [5.74, 6) is 0.910. The van der Waals surface area contributed by atoms with E-state index in [1.165, 1.54) is 45.4 Å². The minimum Gasteiger partial charge on any atom is -0.319 e. The molecule has 2 aliphatic rings. The fraction of sp³-hybridized carbons (Fsp3) is 1.00. The lowest BCUT2D eigenvalue weighted by Gasteiger charge is -2.20. The molecule has 1 saturated carbocycles. The predicted octanol–water partition coefficient (Wildman–Crippen LogP) is 1.33. The molecule has 1 atom stereocenters. The number of nitrogens with zero attached hydrogens (tertiary/aromatic N) is 1. The van der Waals surface area contributed by atoms with E-state index in [2.05, 4.69) is 24.2 Å². The number of hydrogen-bond acceptors (Lipinski definition) is 2. The summed E-state index contributed by atoms with van der Waals surface area (Å²) in [5, 5.41) is 3.28. The Morgan fingerprint density at radius 1 is 1.46 bits per heavy atom. The Hall–Kier alpha value is -0.0800. The molecule has 1 unspecified atom stereocenters. The zero-order valence-corrected chi connectivity index (χ0v) is 8.97. The minimum absolute atomic E-state index is 0.703. The SMILES string of the molecule is CNCC1CCN(CC2(C)CC2)C1. The van der Waals surface area contributed by atoms with Crippen LogP contribution in [0.15, 0.2) is 0 Å². The van der Waals surface area contributed by atoms with E-state index in [1.807, 2.05) is 0 Å². The van der Waals surface area contributed by atoms with E-state index < -0.39 is 0 Å². The molecule has 1 aliphatic carbocycles. The third-order valence-electron chi connectivity index (χ3n) is 3.57. The van der Waals surface area contributed by atoms with Crippen LogP contribution in [0, 0.1) is 11.3 Å². The smallest absolute Gasteiger partial charge is 0.00355 e. The van der Waals surface area contributed by atoms with Gasteiger partial charge in [-0.2, -0.15) is 0 Å². The van der Waals surface area contributed by atoms with Crippen molar-refractivity contribution in [3.8, 4) is 0 Å². The molecule has 76 valence electrons. The molecule has 2 nitrogen and oxygen atoms in total. The van der Waals surface area contributed by atoms with Crippen LogP contribution in [0.3, 0.4) is 0 Å². The summed E-state index contributed by atoms with van der Waals surface area (Å²) >= 11 is 0. The summed E-state index contributed by atoms with van der Waals surface area (Å²) < 4.78 is 0. The topological polar surface area (TPSA) is 15.3 Å². The second-order valence-electron chi connectivity index (χ2n) is 5.26. The molecule has 0 aromatic heterocycles. The fourth-order valence-corrected chi connectivity index (χ4v) is 2.42. The molecular weight excluding hydrogens is 160 g/mol. The van der Waals surface area contributed by atoms with Gasteiger partial charge in [0.25, 0.3) is 0 Å². The number of hydrogen-bond donors (Lipinski definition) is 1. The van der Waals surface area contributed by atoms with Crippen molar-refractivity contribution in [2.75, 3.05) is 33.2 Å². The van der Waals surface area contributed by atoms with E-state index in [4.69, 9.17) is 0 Å². The van der Waals surface area contributed by atoms with Crippen molar-refractivity contribution in [1.29, 1.82) is 0 Å². The van der Waals surface area contributed by atoms with E-state index in [-0.39, 0.29) is 0 Å². The molecule has 1 N–H and O–H groups in total. The van der Waals surface area contributed by atoms with Gasteiger partial charge in [0.05, 0.1) is 0 Å². The van der Waals surface area contributed by atoms with E-state index in [0.29, 0.717) is 5.41 Å². The van der Waals surface area contributed by atoms with Crippen LogP contribution in [-0.2, 0) is 0 Å². The standard InChI is InChI=1S/C11H22N2/c1-11(4-5-11)9-13-6-3-10(8-13)7-12-2/h10,12H,3-9H2,1-2H3. The molecule has 2 fully saturated rings. The van der Waals surface area contributed by atoms with Crippen LogP contribution < -0.4 is 5.32 Å². The summed E-state index contributed by atoms with van der Waals surface area (Å²) in [6, 6.07) is 0. The van der Waals surface area contributed by atoms with E-state index in [1.54, 1.807) is 0 Å². The molecule has 0 amide bonds. The Balaban J connectivity index is 1.71. The summed E-state index contributed by atoms with van der Waals surface area (Å²) in [5.41, 5.74) is 0.703. The van der Waals surface area contributed by atoms with E-state index >= 15 is 0 Å². The second-order valence-corrected chi connectivity index (χ2v) is 5.26. The second kappa shape index (κ2) is 3.58. The highest BCUT2D eigenvalue weighted by atomic mass is 15.2. The molecule has 1 aliphatic heterocycles. The molecule has 1 heterocycles. The quantitative estimate of drug-likeness (QED) is 0.705. The van der Waals surface area contributed by atoms with Gasteiger partial charge in [0.15, 0.2) is 0 Å². The Labute approximate surface area is 81.7 Å². The van der Waals surface area contributed by atoms with Gasteiger partial charge in [-0.15, -0.1) is 0 Å². The Morgan fingerprint density at radius 2 is 2.23 bits per heavy atom. The average molecular weight is 182 g/mol. The van der Waals surface area contributed by atoms with Gasteiger partial charge < -0.3 is 10.2 Å². The first-order chi connectivity index (χ1) is 6.22. The monoisotopic (exact) mass is 182 g/mol. The maximum Gasteiger partial charge on any atom is 0.00355 e. The lowest BCUT2D eigenvalue weighted by Crippen LogP contribution is -2.28. The third-order valence-corrected chi connectivity index (χ3v) is 3.57. The van der Waals surface area contributed by atoms with Crippen LogP contribution in [0.5, 0.6) is 0 Å².